The number of methoxy groups -OCH3 is 1. The zero-order valence-corrected chi connectivity index (χ0v) is 24.7. The van der Waals surface area contributed by atoms with Crippen LogP contribution in [0.3, 0.4) is 0 Å². The maximum absolute atomic E-state index is 12.7. The Bertz CT molecular complexity index is 1130. The maximum Gasteiger partial charge on any atom is 0.305 e. The van der Waals surface area contributed by atoms with Crippen molar-refractivity contribution >= 4 is 23.3 Å². The molecule has 0 aromatic heterocycles. The minimum atomic E-state index is -0.915. The number of anilines is 2. The molecule has 8 nitrogen and oxygen atoms in total. The van der Waals surface area contributed by atoms with E-state index in [9.17, 15) is 9.59 Å². The average molecular weight is 551 g/mol. The molecule has 2 aromatic carbocycles. The first-order valence-electron chi connectivity index (χ1n) is 14.4. The van der Waals surface area contributed by atoms with Crippen molar-refractivity contribution < 1.29 is 19.4 Å². The van der Waals surface area contributed by atoms with Crippen LogP contribution >= 0.6 is 0 Å². The van der Waals surface area contributed by atoms with Crippen LogP contribution in [0.5, 0.6) is 5.75 Å². The molecule has 1 unspecified atom stereocenters. The SMILES string of the molecule is CCCN(C)N(/C=C(\C)C(Nc1ccc(C(=O)N(C)CCC(=O)O)cc1)C1CCCCC1)c1cccc(OC)c1. The van der Waals surface area contributed by atoms with Crippen molar-refractivity contribution in [2.24, 2.45) is 5.92 Å². The Balaban J connectivity index is 1.86. The zero-order valence-electron chi connectivity index (χ0n) is 24.7. The van der Waals surface area contributed by atoms with Crippen LogP contribution in [0.1, 0.15) is 69.2 Å². The quantitative estimate of drug-likeness (QED) is 0.268. The van der Waals surface area contributed by atoms with Crippen molar-refractivity contribution in [3.8, 4) is 5.75 Å². The lowest BCUT2D eigenvalue weighted by Crippen LogP contribution is -2.39. The van der Waals surface area contributed by atoms with Gasteiger partial charge in [0.05, 0.1) is 25.3 Å². The van der Waals surface area contributed by atoms with Gasteiger partial charge < -0.3 is 20.1 Å². The number of hydrogen-bond acceptors (Lipinski definition) is 6. The number of hydrazine groups is 1. The average Bonchev–Trinajstić information content (AvgIpc) is 2.97. The summed E-state index contributed by atoms with van der Waals surface area (Å²) in [5, 5.41) is 17.2. The van der Waals surface area contributed by atoms with Gasteiger partial charge >= 0.3 is 5.97 Å². The Kier molecular flexibility index (Phi) is 11.9. The predicted octanol–water partition coefficient (Wildman–Crippen LogP) is 6.27. The summed E-state index contributed by atoms with van der Waals surface area (Å²) in [6.07, 6.45) is 9.32. The molecule has 218 valence electrons. The van der Waals surface area contributed by atoms with Crippen molar-refractivity contribution in [1.29, 1.82) is 0 Å². The monoisotopic (exact) mass is 550 g/mol. The smallest absolute Gasteiger partial charge is 0.305 e. The van der Waals surface area contributed by atoms with Crippen LogP contribution < -0.4 is 15.1 Å². The molecule has 1 saturated carbocycles. The molecule has 0 spiro atoms. The molecule has 0 heterocycles. The van der Waals surface area contributed by atoms with Crippen molar-refractivity contribution in [2.75, 3.05) is 44.6 Å². The van der Waals surface area contributed by atoms with E-state index >= 15 is 0 Å². The van der Waals surface area contributed by atoms with Crippen LogP contribution in [0.4, 0.5) is 11.4 Å². The molecule has 1 amide bonds. The molecule has 0 aliphatic heterocycles. The van der Waals surface area contributed by atoms with Crippen LogP contribution in [0.25, 0.3) is 0 Å². The molecule has 40 heavy (non-hydrogen) atoms. The van der Waals surface area contributed by atoms with Crippen molar-refractivity contribution in [1.82, 2.24) is 9.91 Å². The van der Waals surface area contributed by atoms with Gasteiger partial charge in [-0.2, -0.15) is 0 Å². The van der Waals surface area contributed by atoms with E-state index in [0.717, 1.165) is 30.1 Å². The summed E-state index contributed by atoms with van der Waals surface area (Å²) in [5.41, 5.74) is 3.80. The summed E-state index contributed by atoms with van der Waals surface area (Å²) in [7, 11) is 5.43. The molecule has 8 heteroatoms. The first-order valence-corrected chi connectivity index (χ1v) is 14.4. The predicted molar refractivity (Wildman–Crippen MR) is 162 cm³/mol. The molecule has 2 N–H and O–H groups in total. The first-order chi connectivity index (χ1) is 19.2. The van der Waals surface area contributed by atoms with Crippen LogP contribution in [-0.2, 0) is 4.79 Å². The van der Waals surface area contributed by atoms with Crippen LogP contribution in [-0.4, -0.2) is 67.2 Å². The normalized spacial score (nSPS) is 15.0. The number of carboxylic acids is 1. The second-order valence-electron chi connectivity index (χ2n) is 10.8. The summed E-state index contributed by atoms with van der Waals surface area (Å²) in [5.74, 6) is 0.239. The number of benzene rings is 2. The molecule has 1 atom stereocenters. The van der Waals surface area contributed by atoms with Gasteiger partial charge in [0.15, 0.2) is 0 Å². The molecule has 0 saturated heterocycles. The highest BCUT2D eigenvalue weighted by Crippen LogP contribution is 2.33. The lowest BCUT2D eigenvalue weighted by molar-refractivity contribution is -0.137. The van der Waals surface area contributed by atoms with Crippen molar-refractivity contribution in [3.63, 3.8) is 0 Å². The van der Waals surface area contributed by atoms with E-state index in [1.807, 2.05) is 36.4 Å². The molecule has 1 aliphatic carbocycles. The number of ether oxygens (including phenoxy) is 1. The largest absolute Gasteiger partial charge is 0.497 e. The van der Waals surface area contributed by atoms with Gasteiger partial charge in [0.25, 0.3) is 5.91 Å². The lowest BCUT2D eigenvalue weighted by atomic mass is 9.81. The summed E-state index contributed by atoms with van der Waals surface area (Å²) >= 11 is 0. The number of carbonyl (C=O) groups is 2. The fourth-order valence-electron chi connectivity index (χ4n) is 5.37. The highest BCUT2D eigenvalue weighted by atomic mass is 16.5. The lowest BCUT2D eigenvalue weighted by Gasteiger charge is -2.36. The van der Waals surface area contributed by atoms with E-state index in [1.165, 1.54) is 42.6 Å². The third-order valence-corrected chi connectivity index (χ3v) is 7.63. The van der Waals surface area contributed by atoms with Gasteiger partial charge in [-0.05, 0) is 74.1 Å². The number of hydrogen-bond donors (Lipinski definition) is 2. The Morgan fingerprint density at radius 2 is 1.77 bits per heavy atom. The van der Waals surface area contributed by atoms with Gasteiger partial charge in [0.1, 0.15) is 5.75 Å². The Labute approximate surface area is 239 Å². The van der Waals surface area contributed by atoms with Gasteiger partial charge in [-0.3, -0.25) is 14.6 Å². The topological polar surface area (TPSA) is 85.4 Å². The standard InChI is InChI=1S/C32H46N4O4/c1-6-20-35(4)36(28-13-10-14-29(22-28)40-5)23-24(2)31(25-11-8-7-9-12-25)33-27-17-15-26(16-18-27)32(39)34(3)21-19-30(37)38/h10,13-18,22-23,25,31,33H,6-9,11-12,19-21H2,1-5H3,(H,37,38)/b24-23+. The van der Waals surface area contributed by atoms with E-state index in [0.29, 0.717) is 11.5 Å². The summed E-state index contributed by atoms with van der Waals surface area (Å²) < 4.78 is 5.51. The third kappa shape index (κ3) is 8.74. The van der Waals surface area contributed by atoms with E-state index in [-0.39, 0.29) is 24.9 Å². The molecule has 2 aromatic rings. The van der Waals surface area contributed by atoms with E-state index in [2.05, 4.69) is 54.6 Å². The first kappa shape index (κ1) is 31.0. The molecular weight excluding hydrogens is 504 g/mol. The van der Waals surface area contributed by atoms with Gasteiger partial charge in [-0.1, -0.05) is 32.3 Å². The molecule has 3 rings (SSSR count). The number of carboxylic acid groups (broad SMARTS) is 1. The Morgan fingerprint density at radius 3 is 2.40 bits per heavy atom. The minimum absolute atomic E-state index is 0.0726. The van der Waals surface area contributed by atoms with Crippen molar-refractivity contribution in [2.45, 2.75) is 64.8 Å². The summed E-state index contributed by atoms with van der Waals surface area (Å²) in [6.45, 7) is 5.48. The van der Waals surface area contributed by atoms with Gasteiger partial charge in [0, 0.05) is 50.7 Å². The molecular formula is C32H46N4O4. The van der Waals surface area contributed by atoms with Crippen LogP contribution in [0.15, 0.2) is 60.3 Å². The molecule has 0 bridgehead atoms. The highest BCUT2D eigenvalue weighted by molar-refractivity contribution is 5.94. The second-order valence-corrected chi connectivity index (χ2v) is 10.8. The number of rotatable bonds is 14. The van der Waals surface area contributed by atoms with E-state index < -0.39 is 5.97 Å². The summed E-state index contributed by atoms with van der Waals surface area (Å²) in [6, 6.07) is 15.8. The van der Waals surface area contributed by atoms with Crippen LogP contribution in [0, 0.1) is 5.92 Å². The Hall–Kier alpha value is -3.52. The summed E-state index contributed by atoms with van der Waals surface area (Å²) in [4.78, 5) is 25.1. The van der Waals surface area contributed by atoms with Gasteiger partial charge in [0.2, 0.25) is 0 Å². The zero-order chi connectivity index (χ0) is 29.1. The fourth-order valence-corrected chi connectivity index (χ4v) is 5.37. The van der Waals surface area contributed by atoms with Gasteiger partial charge in [-0.25, -0.2) is 5.01 Å². The minimum Gasteiger partial charge on any atom is -0.497 e. The number of carbonyl (C=O) groups excluding carboxylic acids is 1. The third-order valence-electron chi connectivity index (χ3n) is 7.63. The van der Waals surface area contributed by atoms with E-state index in [4.69, 9.17) is 9.84 Å². The van der Waals surface area contributed by atoms with Crippen LogP contribution in [0.2, 0.25) is 0 Å². The van der Waals surface area contributed by atoms with E-state index in [1.54, 1.807) is 14.2 Å². The number of nitrogens with one attached hydrogen (secondary N) is 1. The number of aliphatic carboxylic acids is 1. The maximum atomic E-state index is 12.7. The van der Waals surface area contributed by atoms with Gasteiger partial charge in [-0.15, -0.1) is 0 Å². The van der Waals surface area contributed by atoms with Crippen molar-refractivity contribution in [3.05, 3.63) is 65.9 Å². The Morgan fingerprint density at radius 1 is 1.07 bits per heavy atom. The number of amides is 1. The fraction of sp³-hybridized carbons (Fsp3) is 0.500. The molecule has 1 aliphatic rings. The molecule has 1 fully saturated rings. The second kappa shape index (κ2) is 15.3. The number of nitrogens with zero attached hydrogens (tertiary/aromatic N) is 3. The highest BCUT2D eigenvalue weighted by Gasteiger charge is 2.26. The molecule has 0 radical (unpaired) electrons.